The van der Waals surface area contributed by atoms with Crippen LogP contribution < -0.4 is 5.32 Å². The standard InChI is InChI=1S/C11H15N3O5S.C2H6/c1-2-19-10(15)6-14-11-8(4-3-5-13-11)9(12)7-20(16,17)18;1-2/h3-5,12H,2,6-7H2,1H3,(H,13,14)(H,16,17,18);1-2H3. The molecule has 0 aromatic carbocycles. The molecule has 0 amide bonds. The Morgan fingerprint density at radius 2 is 2.09 bits per heavy atom. The highest BCUT2D eigenvalue weighted by Gasteiger charge is 2.15. The first kappa shape index (κ1) is 20.0. The Morgan fingerprint density at radius 1 is 1.45 bits per heavy atom. The normalized spacial score (nSPS) is 10.2. The van der Waals surface area contributed by atoms with Gasteiger partial charge >= 0.3 is 5.97 Å². The fourth-order valence-corrected chi connectivity index (χ4v) is 1.94. The van der Waals surface area contributed by atoms with Crippen LogP contribution in [0.15, 0.2) is 18.3 Å². The second-order valence-corrected chi connectivity index (χ2v) is 5.22. The van der Waals surface area contributed by atoms with Crippen LogP contribution in [-0.2, 0) is 19.6 Å². The highest BCUT2D eigenvalue weighted by atomic mass is 32.2. The van der Waals surface area contributed by atoms with Crippen molar-refractivity contribution in [3.63, 3.8) is 0 Å². The number of nitrogens with zero attached hydrogens (tertiary/aromatic N) is 1. The lowest BCUT2D eigenvalue weighted by molar-refractivity contribution is -0.140. The van der Waals surface area contributed by atoms with E-state index in [-0.39, 0.29) is 30.2 Å². The second kappa shape index (κ2) is 9.85. The minimum Gasteiger partial charge on any atom is -0.465 e. The lowest BCUT2D eigenvalue weighted by Crippen LogP contribution is -2.21. The third kappa shape index (κ3) is 7.70. The molecule has 0 aliphatic rings. The Morgan fingerprint density at radius 3 is 2.64 bits per heavy atom. The van der Waals surface area contributed by atoms with E-state index in [1.54, 1.807) is 6.92 Å². The molecule has 9 heteroatoms. The van der Waals surface area contributed by atoms with Crippen molar-refractivity contribution in [2.24, 2.45) is 0 Å². The van der Waals surface area contributed by atoms with Crippen LogP contribution in [0.2, 0.25) is 0 Å². The van der Waals surface area contributed by atoms with E-state index in [0.717, 1.165) is 0 Å². The maximum Gasteiger partial charge on any atom is 0.325 e. The van der Waals surface area contributed by atoms with Crippen molar-refractivity contribution in [2.45, 2.75) is 20.8 Å². The Labute approximate surface area is 130 Å². The van der Waals surface area contributed by atoms with Gasteiger partial charge in [0, 0.05) is 11.8 Å². The molecule has 0 aliphatic heterocycles. The van der Waals surface area contributed by atoms with Crippen LogP contribution in [0.4, 0.5) is 5.82 Å². The number of ether oxygens (including phenoxy) is 1. The zero-order chi connectivity index (χ0) is 17.2. The molecule has 0 saturated carbocycles. The number of esters is 1. The van der Waals surface area contributed by atoms with Gasteiger partial charge < -0.3 is 15.5 Å². The van der Waals surface area contributed by atoms with Gasteiger partial charge in [-0.1, -0.05) is 13.8 Å². The number of hydrogen-bond donors (Lipinski definition) is 3. The van der Waals surface area contributed by atoms with Gasteiger partial charge in [-0.3, -0.25) is 9.35 Å². The van der Waals surface area contributed by atoms with Gasteiger partial charge in [0.25, 0.3) is 10.1 Å². The molecule has 0 aliphatic carbocycles. The van der Waals surface area contributed by atoms with E-state index in [2.05, 4.69) is 10.3 Å². The summed E-state index contributed by atoms with van der Waals surface area (Å²) in [6.45, 7) is 5.76. The number of nitrogens with one attached hydrogen (secondary N) is 2. The molecule has 1 aromatic heterocycles. The predicted octanol–water partition coefficient (Wildman–Crippen LogP) is 1.34. The smallest absolute Gasteiger partial charge is 0.325 e. The predicted molar refractivity (Wildman–Crippen MR) is 84.0 cm³/mol. The van der Waals surface area contributed by atoms with Gasteiger partial charge in [-0.05, 0) is 19.1 Å². The second-order valence-electron chi connectivity index (χ2n) is 3.76. The summed E-state index contributed by atoms with van der Waals surface area (Å²) in [6, 6.07) is 2.98. The lowest BCUT2D eigenvalue weighted by Gasteiger charge is -2.10. The molecule has 0 fully saturated rings. The van der Waals surface area contributed by atoms with Crippen LogP contribution in [0.5, 0.6) is 0 Å². The molecule has 8 nitrogen and oxygen atoms in total. The average Bonchev–Trinajstić information content (AvgIpc) is 2.46. The zero-order valence-electron chi connectivity index (χ0n) is 12.8. The summed E-state index contributed by atoms with van der Waals surface area (Å²) >= 11 is 0. The third-order valence-electron chi connectivity index (χ3n) is 2.17. The molecular weight excluding hydrogens is 310 g/mol. The molecule has 1 heterocycles. The van der Waals surface area contributed by atoms with Crippen molar-refractivity contribution in [3.05, 3.63) is 23.9 Å². The molecule has 0 saturated heterocycles. The van der Waals surface area contributed by atoms with Crippen LogP contribution >= 0.6 is 0 Å². The summed E-state index contributed by atoms with van der Waals surface area (Å²) in [5, 5.41) is 10.3. The van der Waals surface area contributed by atoms with Crippen molar-refractivity contribution < 1.29 is 22.5 Å². The van der Waals surface area contributed by atoms with Crippen LogP contribution in [0, 0.1) is 5.41 Å². The summed E-state index contributed by atoms with van der Waals surface area (Å²) < 4.78 is 35.0. The summed E-state index contributed by atoms with van der Waals surface area (Å²) in [5.41, 5.74) is -0.138. The Balaban J connectivity index is 0.00000211. The van der Waals surface area contributed by atoms with Crippen molar-refractivity contribution in [3.8, 4) is 0 Å². The fourth-order valence-electron chi connectivity index (χ4n) is 1.42. The molecule has 0 bridgehead atoms. The highest BCUT2D eigenvalue weighted by molar-refractivity contribution is 7.86. The van der Waals surface area contributed by atoms with E-state index in [1.807, 2.05) is 13.8 Å². The molecule has 0 spiro atoms. The fraction of sp³-hybridized carbons (Fsp3) is 0.462. The van der Waals surface area contributed by atoms with E-state index in [9.17, 15) is 13.2 Å². The quantitative estimate of drug-likeness (QED) is 0.390. The largest absolute Gasteiger partial charge is 0.465 e. The summed E-state index contributed by atoms with van der Waals surface area (Å²) in [7, 11) is -4.30. The third-order valence-corrected chi connectivity index (χ3v) is 2.82. The summed E-state index contributed by atoms with van der Waals surface area (Å²) in [5.74, 6) is -1.15. The van der Waals surface area contributed by atoms with Gasteiger partial charge in [-0.15, -0.1) is 0 Å². The number of rotatable bonds is 7. The summed E-state index contributed by atoms with van der Waals surface area (Å²) in [6.07, 6.45) is 1.43. The van der Waals surface area contributed by atoms with E-state index in [1.165, 1.54) is 18.3 Å². The van der Waals surface area contributed by atoms with Gasteiger partial charge in [0.15, 0.2) is 0 Å². The number of pyridine rings is 1. The lowest BCUT2D eigenvalue weighted by atomic mass is 10.2. The number of carbonyl (C=O) groups excluding carboxylic acids is 1. The molecular formula is C13H21N3O5S. The van der Waals surface area contributed by atoms with Gasteiger partial charge in [0.1, 0.15) is 18.1 Å². The highest BCUT2D eigenvalue weighted by Crippen LogP contribution is 2.12. The Kier molecular flexibility index (Phi) is 8.95. The van der Waals surface area contributed by atoms with Crippen molar-refractivity contribution in [1.29, 1.82) is 5.41 Å². The van der Waals surface area contributed by atoms with Gasteiger partial charge in [-0.25, -0.2) is 4.98 Å². The van der Waals surface area contributed by atoms with Crippen LogP contribution in [0.25, 0.3) is 0 Å². The van der Waals surface area contributed by atoms with Crippen molar-refractivity contribution in [1.82, 2.24) is 4.98 Å². The van der Waals surface area contributed by atoms with E-state index < -0.39 is 21.8 Å². The van der Waals surface area contributed by atoms with E-state index in [0.29, 0.717) is 0 Å². The average molecular weight is 331 g/mol. The molecule has 0 radical (unpaired) electrons. The SMILES string of the molecule is CC.CCOC(=O)CNc1ncccc1C(=N)CS(=O)(=O)O. The van der Waals surface area contributed by atoms with Gasteiger partial charge in [-0.2, -0.15) is 8.42 Å². The summed E-state index contributed by atoms with van der Waals surface area (Å²) in [4.78, 5) is 15.1. The monoisotopic (exact) mass is 331 g/mol. The maximum atomic E-state index is 11.2. The number of carbonyl (C=O) groups is 1. The van der Waals surface area contributed by atoms with Crippen molar-refractivity contribution >= 4 is 27.6 Å². The topological polar surface area (TPSA) is 129 Å². The molecule has 3 N–H and O–H groups in total. The van der Waals surface area contributed by atoms with Gasteiger partial charge in [0.05, 0.1) is 12.3 Å². The number of aromatic nitrogens is 1. The zero-order valence-corrected chi connectivity index (χ0v) is 13.6. The van der Waals surface area contributed by atoms with Crippen molar-refractivity contribution in [2.75, 3.05) is 24.2 Å². The van der Waals surface area contributed by atoms with E-state index >= 15 is 0 Å². The molecule has 0 atom stereocenters. The van der Waals surface area contributed by atoms with Crippen LogP contribution in [0.3, 0.4) is 0 Å². The van der Waals surface area contributed by atoms with E-state index in [4.69, 9.17) is 14.7 Å². The first-order valence-corrected chi connectivity index (χ1v) is 8.32. The molecule has 0 unspecified atom stereocenters. The first-order valence-electron chi connectivity index (χ1n) is 6.71. The molecule has 1 aromatic rings. The van der Waals surface area contributed by atoms with Crippen LogP contribution in [-0.4, -0.2) is 48.5 Å². The molecule has 124 valence electrons. The van der Waals surface area contributed by atoms with Gasteiger partial charge in [0.2, 0.25) is 0 Å². The van der Waals surface area contributed by atoms with Crippen LogP contribution in [0.1, 0.15) is 26.3 Å². The Bertz CT molecular complexity index is 601. The molecule has 22 heavy (non-hydrogen) atoms. The number of anilines is 1. The minimum atomic E-state index is -4.30. The minimum absolute atomic E-state index is 0.156. The number of hydrogen-bond acceptors (Lipinski definition) is 7. The molecule has 1 rings (SSSR count). The Hall–Kier alpha value is -2.00. The maximum absolute atomic E-state index is 11.2. The first-order chi connectivity index (χ1) is 10.3.